The Morgan fingerprint density at radius 3 is 0.941 bits per heavy atom. The molecule has 0 amide bonds. The Morgan fingerprint density at radius 2 is 0.706 bits per heavy atom. The molecule has 3 rings (SSSR count). The fraction of sp³-hybridized carbons (Fsp3) is 0.400. The molecule has 0 saturated heterocycles. The minimum atomic E-state index is 0.163. The molecule has 0 spiro atoms. The van der Waals surface area contributed by atoms with Crippen LogP contribution in [-0.2, 0) is 0 Å². The van der Waals surface area contributed by atoms with Gasteiger partial charge in [0.05, 0.1) is 0 Å². The first-order chi connectivity index (χ1) is 15.7. The standard InChI is InChI=1S/C30H39NS3/c1-28(2,3)32-25-16-10-13-22(19-25)31(23-14-11-17-26(20-23)33-29(4,5)6)24-15-12-18-27(21-24)34-30(7,8)9/h10-21H,1-9H3. The zero-order chi connectivity index (χ0) is 25.1. The van der Waals surface area contributed by atoms with E-state index in [1.807, 2.05) is 35.3 Å². The van der Waals surface area contributed by atoms with Crippen LogP contribution in [0.25, 0.3) is 0 Å². The number of nitrogens with zero attached hydrogens (tertiary/aromatic N) is 1. The van der Waals surface area contributed by atoms with Crippen LogP contribution < -0.4 is 4.90 Å². The Hall–Kier alpha value is -1.49. The topological polar surface area (TPSA) is 3.24 Å². The Morgan fingerprint density at radius 1 is 0.441 bits per heavy atom. The summed E-state index contributed by atoms with van der Waals surface area (Å²) >= 11 is 5.73. The van der Waals surface area contributed by atoms with E-state index in [0.29, 0.717) is 0 Å². The van der Waals surface area contributed by atoms with Gasteiger partial charge >= 0.3 is 0 Å². The molecule has 0 heterocycles. The molecule has 182 valence electrons. The molecule has 3 aromatic carbocycles. The zero-order valence-corrected chi connectivity index (χ0v) is 24.5. The van der Waals surface area contributed by atoms with E-state index < -0.39 is 0 Å². The second kappa shape index (κ2) is 10.6. The number of rotatable bonds is 6. The molecule has 0 fully saturated rings. The van der Waals surface area contributed by atoms with Crippen molar-refractivity contribution in [2.45, 2.75) is 91.2 Å². The monoisotopic (exact) mass is 509 g/mol. The highest BCUT2D eigenvalue weighted by Crippen LogP contribution is 2.42. The minimum Gasteiger partial charge on any atom is -0.310 e. The van der Waals surface area contributed by atoms with Gasteiger partial charge in [0.25, 0.3) is 0 Å². The lowest BCUT2D eigenvalue weighted by molar-refractivity contribution is 0.802. The molecule has 4 heteroatoms. The van der Waals surface area contributed by atoms with E-state index in [4.69, 9.17) is 0 Å². The molecular weight excluding hydrogens is 471 g/mol. The van der Waals surface area contributed by atoms with Gasteiger partial charge in [-0.1, -0.05) is 80.5 Å². The van der Waals surface area contributed by atoms with Crippen LogP contribution in [0.4, 0.5) is 17.1 Å². The zero-order valence-electron chi connectivity index (χ0n) is 22.1. The van der Waals surface area contributed by atoms with Crippen LogP contribution in [0.1, 0.15) is 62.3 Å². The Labute approximate surface area is 220 Å². The van der Waals surface area contributed by atoms with Gasteiger partial charge in [-0.3, -0.25) is 0 Å². The fourth-order valence-electron chi connectivity index (χ4n) is 3.57. The van der Waals surface area contributed by atoms with E-state index in [1.54, 1.807) is 0 Å². The summed E-state index contributed by atoms with van der Waals surface area (Å²) in [5.41, 5.74) is 3.56. The maximum absolute atomic E-state index is 2.40. The minimum absolute atomic E-state index is 0.163. The molecule has 0 bridgehead atoms. The fourth-order valence-corrected chi connectivity index (χ4v) is 6.67. The van der Waals surface area contributed by atoms with Crippen molar-refractivity contribution in [2.24, 2.45) is 0 Å². The van der Waals surface area contributed by atoms with Crippen molar-refractivity contribution < 1.29 is 0 Å². The van der Waals surface area contributed by atoms with Gasteiger partial charge in [0.2, 0.25) is 0 Å². The summed E-state index contributed by atoms with van der Waals surface area (Å²) in [6, 6.07) is 26.8. The van der Waals surface area contributed by atoms with Crippen molar-refractivity contribution in [3.63, 3.8) is 0 Å². The van der Waals surface area contributed by atoms with Gasteiger partial charge in [-0.15, -0.1) is 35.3 Å². The van der Waals surface area contributed by atoms with Crippen molar-refractivity contribution in [1.82, 2.24) is 0 Å². The lowest BCUT2D eigenvalue weighted by Crippen LogP contribution is -2.12. The average molecular weight is 510 g/mol. The average Bonchev–Trinajstić information content (AvgIpc) is 2.65. The first-order valence-corrected chi connectivity index (χ1v) is 14.3. The molecule has 0 atom stereocenters. The predicted octanol–water partition coefficient (Wildman–Crippen LogP) is 10.8. The van der Waals surface area contributed by atoms with Crippen molar-refractivity contribution in [3.8, 4) is 0 Å². The highest BCUT2D eigenvalue weighted by Gasteiger charge is 2.19. The molecule has 1 nitrogen and oxygen atoms in total. The van der Waals surface area contributed by atoms with Crippen LogP contribution in [0.2, 0.25) is 0 Å². The Balaban J connectivity index is 2.12. The third-order valence-electron chi connectivity index (χ3n) is 4.50. The van der Waals surface area contributed by atoms with Crippen LogP contribution in [0, 0.1) is 0 Å². The third kappa shape index (κ3) is 8.62. The van der Waals surface area contributed by atoms with E-state index in [9.17, 15) is 0 Å². The smallest absolute Gasteiger partial charge is 0.0472 e. The first-order valence-electron chi connectivity index (χ1n) is 11.9. The SMILES string of the molecule is CC(C)(C)Sc1cccc(N(c2cccc(SC(C)(C)C)c2)c2cccc(SC(C)(C)C)c2)c1. The summed E-state index contributed by atoms with van der Waals surface area (Å²) in [4.78, 5) is 6.26. The molecule has 0 N–H and O–H groups in total. The summed E-state index contributed by atoms with van der Waals surface area (Å²) in [5, 5.41) is 0. The molecule has 3 aromatic rings. The molecule has 0 aliphatic rings. The molecule has 0 saturated carbocycles. The number of anilines is 3. The number of benzene rings is 3. The van der Waals surface area contributed by atoms with Gasteiger partial charge in [0.15, 0.2) is 0 Å². The molecule has 0 aliphatic carbocycles. The predicted molar refractivity (Wildman–Crippen MR) is 158 cm³/mol. The summed E-state index contributed by atoms with van der Waals surface area (Å²) < 4.78 is 0.488. The lowest BCUT2D eigenvalue weighted by atomic mass is 10.2. The van der Waals surface area contributed by atoms with Gasteiger partial charge in [-0.25, -0.2) is 0 Å². The molecule has 34 heavy (non-hydrogen) atoms. The van der Waals surface area contributed by atoms with Crippen LogP contribution >= 0.6 is 35.3 Å². The summed E-state index contributed by atoms with van der Waals surface area (Å²) in [6.45, 7) is 20.4. The van der Waals surface area contributed by atoms with Crippen LogP contribution in [0.3, 0.4) is 0 Å². The van der Waals surface area contributed by atoms with Crippen molar-refractivity contribution in [1.29, 1.82) is 0 Å². The Bertz CT molecular complexity index is 959. The van der Waals surface area contributed by atoms with Gasteiger partial charge in [0, 0.05) is 46.0 Å². The van der Waals surface area contributed by atoms with Gasteiger partial charge in [-0.05, 0) is 54.6 Å². The highest BCUT2D eigenvalue weighted by molar-refractivity contribution is 8.01. The van der Waals surface area contributed by atoms with E-state index >= 15 is 0 Å². The molecule has 0 unspecified atom stereocenters. The van der Waals surface area contributed by atoms with Crippen LogP contribution in [0.15, 0.2) is 87.5 Å². The molecule has 0 aromatic heterocycles. The Kier molecular flexibility index (Phi) is 8.48. The second-order valence-electron chi connectivity index (χ2n) is 11.5. The summed E-state index contributed by atoms with van der Waals surface area (Å²) in [7, 11) is 0. The van der Waals surface area contributed by atoms with Gasteiger partial charge in [0.1, 0.15) is 0 Å². The maximum atomic E-state index is 2.40. The number of hydrogen-bond donors (Lipinski definition) is 0. The highest BCUT2D eigenvalue weighted by atomic mass is 32.2. The van der Waals surface area contributed by atoms with E-state index in [0.717, 1.165) is 0 Å². The van der Waals surface area contributed by atoms with E-state index in [1.165, 1.54) is 31.7 Å². The maximum Gasteiger partial charge on any atom is 0.0472 e. The van der Waals surface area contributed by atoms with E-state index in [2.05, 4.69) is 140 Å². The largest absolute Gasteiger partial charge is 0.310 e. The normalized spacial score (nSPS) is 12.6. The number of hydrogen-bond acceptors (Lipinski definition) is 4. The van der Waals surface area contributed by atoms with Gasteiger partial charge < -0.3 is 4.90 Å². The van der Waals surface area contributed by atoms with Crippen molar-refractivity contribution in [2.75, 3.05) is 4.90 Å². The summed E-state index contributed by atoms with van der Waals surface area (Å²) in [6.07, 6.45) is 0. The third-order valence-corrected chi connectivity index (χ3v) is 7.81. The van der Waals surface area contributed by atoms with E-state index in [-0.39, 0.29) is 14.2 Å². The summed E-state index contributed by atoms with van der Waals surface area (Å²) in [5.74, 6) is 0. The number of thioether (sulfide) groups is 3. The van der Waals surface area contributed by atoms with Crippen LogP contribution in [0.5, 0.6) is 0 Å². The quantitative estimate of drug-likeness (QED) is 0.304. The van der Waals surface area contributed by atoms with Crippen LogP contribution in [-0.4, -0.2) is 14.2 Å². The lowest BCUT2D eigenvalue weighted by Gasteiger charge is -2.28. The van der Waals surface area contributed by atoms with Crippen molar-refractivity contribution in [3.05, 3.63) is 72.8 Å². The molecule has 0 aliphatic heterocycles. The van der Waals surface area contributed by atoms with Crippen molar-refractivity contribution >= 4 is 52.3 Å². The molecular formula is C30H39NS3. The molecule has 0 radical (unpaired) electrons. The second-order valence-corrected chi connectivity index (χ2v) is 17.2. The first kappa shape index (κ1) is 27.1. The van der Waals surface area contributed by atoms with Gasteiger partial charge in [-0.2, -0.15) is 0 Å².